The number of urea groups is 1. The molecule has 0 radical (unpaired) electrons. The molecule has 4 rings (SSSR count). The van der Waals surface area contributed by atoms with Gasteiger partial charge < -0.3 is 14.8 Å². The van der Waals surface area contributed by atoms with Crippen LogP contribution in [0.5, 0.6) is 0 Å². The second kappa shape index (κ2) is 5.57. The monoisotopic (exact) mass is 330 g/mol. The van der Waals surface area contributed by atoms with Crippen LogP contribution in [-0.2, 0) is 20.8 Å². The molecule has 6 nitrogen and oxygen atoms in total. The summed E-state index contributed by atoms with van der Waals surface area (Å²) in [5, 5.41) is 2.94. The molecular weight excluding hydrogens is 308 g/mol. The first-order valence-corrected chi connectivity index (χ1v) is 8.50. The van der Waals surface area contributed by atoms with E-state index < -0.39 is 11.3 Å². The Balaban J connectivity index is 1.49. The van der Waals surface area contributed by atoms with E-state index in [0.29, 0.717) is 45.4 Å². The molecule has 3 aliphatic rings. The van der Waals surface area contributed by atoms with Crippen molar-refractivity contribution in [3.05, 3.63) is 35.4 Å². The van der Waals surface area contributed by atoms with E-state index >= 15 is 0 Å². The lowest BCUT2D eigenvalue weighted by molar-refractivity contribution is -0.186. The van der Waals surface area contributed by atoms with E-state index in [2.05, 4.69) is 5.32 Å². The van der Waals surface area contributed by atoms with E-state index in [1.807, 2.05) is 31.2 Å². The molecule has 0 bridgehead atoms. The molecule has 3 amide bonds. The summed E-state index contributed by atoms with van der Waals surface area (Å²) in [6.45, 7) is 3.52. The van der Waals surface area contributed by atoms with Gasteiger partial charge in [0.1, 0.15) is 5.54 Å². The molecule has 1 aromatic carbocycles. The van der Waals surface area contributed by atoms with Gasteiger partial charge in [0, 0.05) is 12.8 Å². The number of hydrogen-bond donors (Lipinski definition) is 1. The van der Waals surface area contributed by atoms with E-state index in [-0.39, 0.29) is 11.9 Å². The highest BCUT2D eigenvalue weighted by Gasteiger charge is 2.56. The lowest BCUT2D eigenvalue weighted by Crippen LogP contribution is -2.53. The Bertz CT molecular complexity index is 671. The van der Waals surface area contributed by atoms with Crippen molar-refractivity contribution in [1.82, 2.24) is 10.2 Å². The summed E-state index contributed by atoms with van der Waals surface area (Å²) in [6.07, 6.45) is 2.39. The number of aryl methyl sites for hydroxylation is 1. The van der Waals surface area contributed by atoms with E-state index in [1.165, 1.54) is 4.90 Å². The predicted molar refractivity (Wildman–Crippen MR) is 86.1 cm³/mol. The van der Waals surface area contributed by atoms with Crippen LogP contribution < -0.4 is 5.32 Å². The van der Waals surface area contributed by atoms with Crippen molar-refractivity contribution in [2.24, 2.45) is 0 Å². The third-order valence-electron chi connectivity index (χ3n) is 5.35. The Hall–Kier alpha value is -1.92. The smallest absolute Gasteiger partial charge is 0.325 e. The number of nitrogens with zero attached hydrogens (tertiary/aromatic N) is 1. The molecule has 3 fully saturated rings. The molecule has 0 aromatic heterocycles. The zero-order valence-electron chi connectivity index (χ0n) is 13.8. The Labute approximate surface area is 141 Å². The fourth-order valence-electron chi connectivity index (χ4n) is 4.00. The van der Waals surface area contributed by atoms with Crippen LogP contribution in [0.15, 0.2) is 24.3 Å². The second-order valence-electron chi connectivity index (χ2n) is 7.00. The number of benzene rings is 1. The summed E-state index contributed by atoms with van der Waals surface area (Å²) in [5.74, 6) is -0.665. The quantitative estimate of drug-likeness (QED) is 0.843. The van der Waals surface area contributed by atoms with Gasteiger partial charge in [-0.25, -0.2) is 4.79 Å². The number of carbonyl (C=O) groups excluding carboxylic acids is 2. The standard InChI is InChI=1S/C18H22N2O4/c1-13-3-2-4-14(11-13)12-20-15(21)17(19-16(20)22)5-7-18(8-6-17)23-9-10-24-18/h2-4,11H,5-10,12H2,1H3,(H,19,22). The maximum atomic E-state index is 12.9. The van der Waals surface area contributed by atoms with Crippen molar-refractivity contribution in [3.8, 4) is 0 Å². The highest BCUT2D eigenvalue weighted by molar-refractivity contribution is 6.07. The van der Waals surface area contributed by atoms with Crippen LogP contribution in [0.2, 0.25) is 0 Å². The van der Waals surface area contributed by atoms with Gasteiger partial charge >= 0.3 is 6.03 Å². The molecule has 0 unspecified atom stereocenters. The first-order valence-electron chi connectivity index (χ1n) is 8.50. The molecule has 6 heteroatoms. The topological polar surface area (TPSA) is 67.9 Å². The molecule has 1 N–H and O–H groups in total. The summed E-state index contributed by atoms with van der Waals surface area (Å²) >= 11 is 0. The number of nitrogens with one attached hydrogen (secondary N) is 1. The van der Waals surface area contributed by atoms with Crippen LogP contribution in [-0.4, -0.2) is 41.4 Å². The number of rotatable bonds is 2. The van der Waals surface area contributed by atoms with Crippen molar-refractivity contribution in [2.75, 3.05) is 13.2 Å². The Kier molecular flexibility index (Phi) is 3.62. The molecule has 1 saturated carbocycles. The predicted octanol–water partition coefficient (Wildman–Crippen LogP) is 2.10. The zero-order chi connectivity index (χ0) is 16.8. The molecular formula is C18H22N2O4. The first kappa shape index (κ1) is 15.6. The molecule has 24 heavy (non-hydrogen) atoms. The summed E-state index contributed by atoms with van der Waals surface area (Å²) in [6, 6.07) is 7.58. The number of imide groups is 1. The van der Waals surface area contributed by atoms with Gasteiger partial charge in [-0.05, 0) is 25.3 Å². The lowest BCUT2D eigenvalue weighted by Gasteiger charge is -2.39. The van der Waals surface area contributed by atoms with Gasteiger partial charge in [0.25, 0.3) is 5.91 Å². The number of carbonyl (C=O) groups is 2. The van der Waals surface area contributed by atoms with Gasteiger partial charge in [0.05, 0.1) is 19.8 Å². The number of hydrogen-bond acceptors (Lipinski definition) is 4. The van der Waals surface area contributed by atoms with Gasteiger partial charge in [0.2, 0.25) is 0 Å². The molecule has 2 heterocycles. The van der Waals surface area contributed by atoms with E-state index in [4.69, 9.17) is 9.47 Å². The van der Waals surface area contributed by atoms with Gasteiger partial charge in [0.15, 0.2) is 5.79 Å². The van der Waals surface area contributed by atoms with Crippen molar-refractivity contribution >= 4 is 11.9 Å². The van der Waals surface area contributed by atoms with Crippen LogP contribution in [0.25, 0.3) is 0 Å². The highest BCUT2D eigenvalue weighted by atomic mass is 16.7. The summed E-state index contributed by atoms with van der Waals surface area (Å²) in [5.41, 5.74) is 1.29. The first-order chi connectivity index (χ1) is 11.5. The van der Waals surface area contributed by atoms with Crippen LogP contribution in [0, 0.1) is 6.92 Å². The van der Waals surface area contributed by atoms with Crippen molar-refractivity contribution in [1.29, 1.82) is 0 Å². The van der Waals surface area contributed by atoms with E-state index in [9.17, 15) is 9.59 Å². The van der Waals surface area contributed by atoms with Crippen molar-refractivity contribution < 1.29 is 19.1 Å². The third-order valence-corrected chi connectivity index (χ3v) is 5.35. The van der Waals surface area contributed by atoms with Crippen molar-refractivity contribution in [3.63, 3.8) is 0 Å². The molecule has 2 aliphatic heterocycles. The Morgan fingerprint density at radius 1 is 1.12 bits per heavy atom. The summed E-state index contributed by atoms with van der Waals surface area (Å²) < 4.78 is 11.4. The molecule has 1 aromatic rings. The Morgan fingerprint density at radius 2 is 1.83 bits per heavy atom. The maximum absolute atomic E-state index is 12.9. The minimum absolute atomic E-state index is 0.123. The fraction of sp³-hybridized carbons (Fsp3) is 0.556. The molecule has 2 spiro atoms. The van der Waals surface area contributed by atoms with E-state index in [1.54, 1.807) is 0 Å². The highest BCUT2D eigenvalue weighted by Crippen LogP contribution is 2.42. The molecule has 0 atom stereocenters. The summed E-state index contributed by atoms with van der Waals surface area (Å²) in [4.78, 5) is 26.7. The maximum Gasteiger partial charge on any atom is 0.325 e. The summed E-state index contributed by atoms with van der Waals surface area (Å²) in [7, 11) is 0. The minimum Gasteiger partial charge on any atom is -0.348 e. The molecule has 2 saturated heterocycles. The van der Waals surface area contributed by atoms with Crippen LogP contribution in [0.3, 0.4) is 0 Å². The van der Waals surface area contributed by atoms with E-state index in [0.717, 1.165) is 11.1 Å². The van der Waals surface area contributed by atoms with Gasteiger partial charge in [-0.1, -0.05) is 29.8 Å². The fourth-order valence-corrected chi connectivity index (χ4v) is 4.00. The van der Waals surface area contributed by atoms with Gasteiger partial charge in [-0.15, -0.1) is 0 Å². The normalized spacial score (nSPS) is 24.8. The van der Waals surface area contributed by atoms with Gasteiger partial charge in [-0.2, -0.15) is 0 Å². The average molecular weight is 330 g/mol. The number of amides is 3. The second-order valence-corrected chi connectivity index (χ2v) is 7.00. The largest absolute Gasteiger partial charge is 0.348 e. The zero-order valence-corrected chi connectivity index (χ0v) is 13.8. The number of ether oxygens (including phenoxy) is 2. The molecule has 1 aliphatic carbocycles. The SMILES string of the molecule is Cc1cccc(CN2C(=O)NC3(CCC4(CC3)OCCO4)C2=O)c1. The third kappa shape index (κ3) is 2.50. The minimum atomic E-state index is -0.790. The van der Waals surface area contributed by atoms with Crippen LogP contribution in [0.4, 0.5) is 4.79 Å². The van der Waals surface area contributed by atoms with Gasteiger partial charge in [-0.3, -0.25) is 9.69 Å². The lowest BCUT2D eigenvalue weighted by atomic mass is 9.78. The van der Waals surface area contributed by atoms with Crippen molar-refractivity contribution in [2.45, 2.75) is 50.5 Å². The molecule has 128 valence electrons. The Morgan fingerprint density at radius 3 is 2.50 bits per heavy atom. The van der Waals surface area contributed by atoms with Crippen LogP contribution >= 0.6 is 0 Å². The average Bonchev–Trinajstić information content (AvgIpc) is 3.11. The van der Waals surface area contributed by atoms with Crippen LogP contribution in [0.1, 0.15) is 36.8 Å².